The van der Waals surface area contributed by atoms with Gasteiger partial charge in [-0.15, -0.1) is 0 Å². The molecule has 0 heterocycles. The predicted molar refractivity (Wildman–Crippen MR) is 81.0 cm³/mol. The van der Waals surface area contributed by atoms with Gasteiger partial charge in [0.15, 0.2) is 0 Å². The second-order valence-corrected chi connectivity index (χ2v) is 4.71. The molecule has 0 aliphatic rings. The van der Waals surface area contributed by atoms with Crippen LogP contribution in [0.1, 0.15) is 50.2 Å². The van der Waals surface area contributed by atoms with E-state index in [1.807, 2.05) is 24.3 Å². The minimum Gasteiger partial charge on any atom is -0.395 e. The molecule has 0 aliphatic carbocycles. The lowest BCUT2D eigenvalue weighted by Gasteiger charge is -2.05. The van der Waals surface area contributed by atoms with Crippen LogP contribution in [-0.4, -0.2) is 17.6 Å². The highest BCUT2D eigenvalue weighted by atomic mass is 16.2. The SMILES string of the molecule is CCCCCC(=O)NCc1cccc(C#CCCO)c1. The first-order valence-electron chi connectivity index (χ1n) is 7.21. The van der Waals surface area contributed by atoms with Crippen LogP contribution in [0.15, 0.2) is 24.3 Å². The van der Waals surface area contributed by atoms with Crippen molar-refractivity contribution in [2.75, 3.05) is 6.61 Å². The van der Waals surface area contributed by atoms with Gasteiger partial charge in [0.05, 0.1) is 6.61 Å². The summed E-state index contributed by atoms with van der Waals surface area (Å²) in [6.07, 6.45) is 4.27. The van der Waals surface area contributed by atoms with Gasteiger partial charge in [-0.3, -0.25) is 4.79 Å². The average Bonchev–Trinajstić information content (AvgIpc) is 2.46. The molecule has 0 spiro atoms. The zero-order valence-electron chi connectivity index (χ0n) is 12.1. The molecule has 3 heteroatoms. The first kappa shape index (κ1) is 16.3. The molecule has 1 rings (SSSR count). The van der Waals surface area contributed by atoms with E-state index in [0.717, 1.165) is 30.4 Å². The maximum Gasteiger partial charge on any atom is 0.220 e. The molecule has 108 valence electrons. The molecule has 1 aromatic carbocycles. The standard InChI is InChI=1S/C17H23NO2/c1-2-3-4-11-17(20)18-14-16-10-7-9-15(13-16)8-5-6-12-19/h7,9-10,13,19H,2-4,6,11-12,14H2,1H3,(H,18,20). The molecule has 0 fully saturated rings. The van der Waals surface area contributed by atoms with Crippen molar-refractivity contribution in [1.29, 1.82) is 0 Å². The fraction of sp³-hybridized carbons (Fsp3) is 0.471. The van der Waals surface area contributed by atoms with E-state index in [2.05, 4.69) is 24.1 Å². The molecular weight excluding hydrogens is 250 g/mol. The molecule has 0 radical (unpaired) electrons. The Hall–Kier alpha value is -1.79. The number of nitrogens with one attached hydrogen (secondary N) is 1. The molecule has 0 saturated carbocycles. The number of unbranched alkanes of at least 4 members (excludes halogenated alkanes) is 2. The molecule has 0 aliphatic heterocycles. The van der Waals surface area contributed by atoms with Crippen molar-refractivity contribution < 1.29 is 9.90 Å². The summed E-state index contributed by atoms with van der Waals surface area (Å²) < 4.78 is 0. The van der Waals surface area contributed by atoms with Crippen molar-refractivity contribution >= 4 is 5.91 Å². The number of carbonyl (C=O) groups excluding carboxylic acids is 1. The fourth-order valence-electron chi connectivity index (χ4n) is 1.80. The summed E-state index contributed by atoms with van der Waals surface area (Å²) in [6, 6.07) is 7.80. The van der Waals surface area contributed by atoms with E-state index in [4.69, 9.17) is 5.11 Å². The highest BCUT2D eigenvalue weighted by Crippen LogP contribution is 2.05. The third-order valence-corrected chi connectivity index (χ3v) is 2.89. The van der Waals surface area contributed by atoms with Gasteiger partial charge >= 0.3 is 0 Å². The summed E-state index contributed by atoms with van der Waals surface area (Å²) in [7, 11) is 0. The Kier molecular flexibility index (Phi) is 8.17. The largest absolute Gasteiger partial charge is 0.395 e. The topological polar surface area (TPSA) is 49.3 Å². The van der Waals surface area contributed by atoms with Gasteiger partial charge in [0.25, 0.3) is 0 Å². The summed E-state index contributed by atoms with van der Waals surface area (Å²) >= 11 is 0. The van der Waals surface area contributed by atoms with Crippen LogP contribution in [0.3, 0.4) is 0 Å². The molecule has 0 unspecified atom stereocenters. The van der Waals surface area contributed by atoms with Crippen molar-refractivity contribution in [3.05, 3.63) is 35.4 Å². The Balaban J connectivity index is 2.42. The van der Waals surface area contributed by atoms with Crippen molar-refractivity contribution in [2.24, 2.45) is 0 Å². The Morgan fingerprint density at radius 3 is 2.95 bits per heavy atom. The lowest BCUT2D eigenvalue weighted by Crippen LogP contribution is -2.22. The number of aliphatic hydroxyl groups is 1. The maximum atomic E-state index is 11.6. The number of aliphatic hydroxyl groups excluding tert-OH is 1. The molecule has 0 aromatic heterocycles. The van der Waals surface area contributed by atoms with E-state index in [1.165, 1.54) is 0 Å². The van der Waals surface area contributed by atoms with Crippen molar-refractivity contribution in [3.8, 4) is 11.8 Å². The number of amides is 1. The molecule has 0 bridgehead atoms. The van der Waals surface area contributed by atoms with E-state index in [1.54, 1.807) is 0 Å². The van der Waals surface area contributed by atoms with Crippen LogP contribution in [0, 0.1) is 11.8 Å². The van der Waals surface area contributed by atoms with E-state index < -0.39 is 0 Å². The normalized spacial score (nSPS) is 9.70. The minimum absolute atomic E-state index is 0.0838. The lowest BCUT2D eigenvalue weighted by molar-refractivity contribution is -0.121. The quantitative estimate of drug-likeness (QED) is 0.592. The maximum absolute atomic E-state index is 11.6. The summed E-state index contributed by atoms with van der Waals surface area (Å²) in [5.74, 6) is 5.99. The van der Waals surface area contributed by atoms with Crippen LogP contribution in [0.2, 0.25) is 0 Å². The second-order valence-electron chi connectivity index (χ2n) is 4.71. The first-order valence-corrected chi connectivity index (χ1v) is 7.21. The van der Waals surface area contributed by atoms with E-state index in [0.29, 0.717) is 19.4 Å². The van der Waals surface area contributed by atoms with Crippen LogP contribution in [0.25, 0.3) is 0 Å². The number of benzene rings is 1. The second kappa shape index (κ2) is 10.1. The van der Waals surface area contributed by atoms with Crippen molar-refractivity contribution in [3.63, 3.8) is 0 Å². The van der Waals surface area contributed by atoms with Crippen molar-refractivity contribution in [2.45, 2.75) is 45.6 Å². The molecule has 0 saturated heterocycles. The highest BCUT2D eigenvalue weighted by molar-refractivity contribution is 5.75. The lowest BCUT2D eigenvalue weighted by atomic mass is 10.1. The third-order valence-electron chi connectivity index (χ3n) is 2.89. The van der Waals surface area contributed by atoms with E-state index in [9.17, 15) is 4.79 Å². The Morgan fingerprint density at radius 2 is 2.20 bits per heavy atom. The monoisotopic (exact) mass is 273 g/mol. The van der Waals surface area contributed by atoms with Crippen LogP contribution in [0.5, 0.6) is 0 Å². The zero-order chi connectivity index (χ0) is 14.6. The van der Waals surface area contributed by atoms with Gasteiger partial charge in [-0.2, -0.15) is 0 Å². The Bertz CT molecular complexity index is 471. The van der Waals surface area contributed by atoms with Crippen LogP contribution in [0.4, 0.5) is 0 Å². The number of hydrogen-bond donors (Lipinski definition) is 2. The average molecular weight is 273 g/mol. The summed E-state index contributed by atoms with van der Waals surface area (Å²) in [4.78, 5) is 11.6. The number of rotatable bonds is 7. The summed E-state index contributed by atoms with van der Waals surface area (Å²) in [5, 5.41) is 11.6. The van der Waals surface area contributed by atoms with Gasteiger partial charge in [-0.1, -0.05) is 43.7 Å². The summed E-state index contributed by atoms with van der Waals surface area (Å²) in [6.45, 7) is 2.75. The van der Waals surface area contributed by atoms with Gasteiger partial charge in [-0.25, -0.2) is 0 Å². The number of hydrogen-bond acceptors (Lipinski definition) is 2. The minimum atomic E-state index is 0.0838. The van der Waals surface area contributed by atoms with Crippen molar-refractivity contribution in [1.82, 2.24) is 5.32 Å². The third kappa shape index (κ3) is 6.96. The van der Waals surface area contributed by atoms with E-state index in [-0.39, 0.29) is 12.5 Å². The Morgan fingerprint density at radius 1 is 1.35 bits per heavy atom. The van der Waals surface area contributed by atoms with Gasteiger partial charge < -0.3 is 10.4 Å². The molecule has 1 amide bonds. The van der Waals surface area contributed by atoms with Gasteiger partial charge in [0, 0.05) is 24.9 Å². The van der Waals surface area contributed by atoms with Crippen LogP contribution in [-0.2, 0) is 11.3 Å². The molecule has 3 nitrogen and oxygen atoms in total. The molecule has 2 N–H and O–H groups in total. The highest BCUT2D eigenvalue weighted by Gasteiger charge is 2.01. The zero-order valence-corrected chi connectivity index (χ0v) is 12.1. The fourth-order valence-corrected chi connectivity index (χ4v) is 1.80. The number of carbonyl (C=O) groups is 1. The molecule has 20 heavy (non-hydrogen) atoms. The van der Waals surface area contributed by atoms with E-state index >= 15 is 0 Å². The first-order chi connectivity index (χ1) is 9.76. The van der Waals surface area contributed by atoms with Gasteiger partial charge in [-0.05, 0) is 24.1 Å². The Labute approximate surface area is 121 Å². The van der Waals surface area contributed by atoms with Crippen LogP contribution >= 0.6 is 0 Å². The molecule has 0 atom stereocenters. The van der Waals surface area contributed by atoms with Gasteiger partial charge in [0.1, 0.15) is 0 Å². The van der Waals surface area contributed by atoms with Crippen LogP contribution < -0.4 is 5.32 Å². The molecule has 1 aromatic rings. The summed E-state index contributed by atoms with van der Waals surface area (Å²) in [5.41, 5.74) is 1.96. The smallest absolute Gasteiger partial charge is 0.220 e. The predicted octanol–water partition coefficient (Wildman–Crippen LogP) is 2.62. The van der Waals surface area contributed by atoms with Gasteiger partial charge in [0.2, 0.25) is 5.91 Å². The molecular formula is C17H23NO2.